The van der Waals surface area contributed by atoms with Crippen LogP contribution in [0.25, 0.3) is 10.9 Å². The number of nitrogens with zero attached hydrogens (tertiary/aromatic N) is 2. The zero-order chi connectivity index (χ0) is 37.7. The largest absolute Gasteiger partial charge is 0.453 e. The predicted octanol–water partition coefficient (Wildman–Crippen LogP) is 2.56. The van der Waals surface area contributed by atoms with E-state index in [1.807, 2.05) is 72.8 Å². The Morgan fingerprint density at radius 2 is 1.50 bits per heavy atom. The number of ether oxygens (including phenoxy) is 1. The van der Waals surface area contributed by atoms with Gasteiger partial charge in [0.25, 0.3) is 17.7 Å². The van der Waals surface area contributed by atoms with E-state index in [1.165, 1.54) is 13.2 Å². The van der Waals surface area contributed by atoms with E-state index in [0.717, 1.165) is 16.5 Å². The molecule has 0 aliphatic rings. The first-order valence-electron chi connectivity index (χ1n) is 16.8. The maximum absolute atomic E-state index is 13.9. The number of hydrogen-bond donors (Lipinski definition) is 6. The van der Waals surface area contributed by atoms with Crippen LogP contribution in [0.5, 0.6) is 0 Å². The van der Waals surface area contributed by atoms with Gasteiger partial charge in [0, 0.05) is 24.5 Å². The monoisotopic (exact) mass is 711 g/mol. The van der Waals surface area contributed by atoms with Crippen LogP contribution in [-0.4, -0.2) is 76.3 Å². The van der Waals surface area contributed by atoms with Gasteiger partial charge < -0.3 is 31.5 Å². The number of fused-ring (bicyclic) bond motifs is 1. The smallest absolute Gasteiger partial charge is 0.407 e. The lowest BCUT2D eigenvalue weighted by molar-refractivity contribution is -0.148. The molecule has 0 unspecified atom stereocenters. The van der Waals surface area contributed by atoms with Crippen molar-refractivity contribution in [2.24, 2.45) is 11.7 Å². The van der Waals surface area contributed by atoms with Crippen molar-refractivity contribution in [2.45, 2.75) is 57.5 Å². The second kappa shape index (κ2) is 18.4. The molecule has 5 amide bonds. The Morgan fingerprint density at radius 1 is 0.865 bits per heavy atom. The molecule has 0 aliphatic heterocycles. The third-order valence-electron chi connectivity index (χ3n) is 8.25. The molecule has 0 spiro atoms. The highest BCUT2D eigenvalue weighted by Gasteiger charge is 2.41. The van der Waals surface area contributed by atoms with Gasteiger partial charge in [-0.2, -0.15) is 0 Å². The number of pyridine rings is 1. The van der Waals surface area contributed by atoms with E-state index in [1.54, 1.807) is 37.1 Å². The summed E-state index contributed by atoms with van der Waals surface area (Å²) < 4.78 is 4.72. The molecule has 1 heterocycles. The minimum Gasteiger partial charge on any atom is -0.453 e. The Morgan fingerprint density at radius 3 is 2.13 bits per heavy atom. The number of benzene rings is 3. The predicted molar refractivity (Wildman–Crippen MR) is 194 cm³/mol. The maximum atomic E-state index is 13.9. The van der Waals surface area contributed by atoms with Gasteiger partial charge in [-0.25, -0.2) is 14.8 Å². The van der Waals surface area contributed by atoms with Crippen LogP contribution in [0, 0.1) is 5.92 Å². The standard InChI is InChI=1S/C38H45N7O7/c1-25(2)33(42-37(50)52-3)35(48)44-45(23-27-14-8-5-9-15-27)24-29(20-18-26-12-6-4-7-13-26)40-36(49)38(51,22-32(39)46)43-34(47)31-21-19-28-16-10-11-17-30(28)41-31/h4-17,19,21,25,29,33,51H,18,20,22-24H2,1-3H3,(H2,39,46)(H,40,49)(H,42,50)(H,43,47)(H,44,48)/t29-,33-,38+/m0/s1. The zero-order valence-corrected chi connectivity index (χ0v) is 29.4. The van der Waals surface area contributed by atoms with Gasteiger partial charge in [0.2, 0.25) is 11.6 Å². The fourth-order valence-corrected chi connectivity index (χ4v) is 5.54. The first kappa shape index (κ1) is 38.9. The lowest BCUT2D eigenvalue weighted by Gasteiger charge is -2.33. The van der Waals surface area contributed by atoms with Crippen molar-refractivity contribution >= 4 is 40.6 Å². The summed E-state index contributed by atoms with van der Waals surface area (Å²) in [4.78, 5) is 69.4. The molecular formula is C38H45N7O7. The number of carbonyl (C=O) groups excluding carboxylic acids is 5. The van der Waals surface area contributed by atoms with E-state index < -0.39 is 54.0 Å². The number of methoxy groups -OCH3 is 1. The second-order valence-corrected chi connectivity index (χ2v) is 12.7. The van der Waals surface area contributed by atoms with Crippen LogP contribution in [0.4, 0.5) is 4.79 Å². The van der Waals surface area contributed by atoms with Crippen LogP contribution in [0.15, 0.2) is 97.1 Å². The number of rotatable bonds is 17. The van der Waals surface area contributed by atoms with E-state index in [4.69, 9.17) is 10.5 Å². The molecule has 0 aliphatic carbocycles. The third kappa shape index (κ3) is 11.3. The highest BCUT2D eigenvalue weighted by Crippen LogP contribution is 2.16. The molecule has 0 bridgehead atoms. The fourth-order valence-electron chi connectivity index (χ4n) is 5.54. The number of aryl methyl sites for hydroxylation is 1. The van der Waals surface area contributed by atoms with Gasteiger partial charge in [0.1, 0.15) is 11.7 Å². The molecule has 7 N–H and O–H groups in total. The fraction of sp³-hybridized carbons (Fsp3) is 0.316. The lowest BCUT2D eigenvalue weighted by Crippen LogP contribution is -2.63. The number of hydrogen-bond acceptors (Lipinski definition) is 9. The zero-order valence-electron chi connectivity index (χ0n) is 29.4. The number of carbonyl (C=O) groups is 5. The Hall–Kier alpha value is -5.86. The number of aromatic nitrogens is 1. The molecule has 52 heavy (non-hydrogen) atoms. The van der Waals surface area contributed by atoms with E-state index in [-0.39, 0.29) is 24.7 Å². The van der Waals surface area contributed by atoms with Crippen LogP contribution >= 0.6 is 0 Å². The van der Waals surface area contributed by atoms with E-state index in [2.05, 4.69) is 26.4 Å². The molecule has 0 saturated heterocycles. The Kier molecular flexibility index (Phi) is 13.8. The molecular weight excluding hydrogens is 666 g/mol. The SMILES string of the molecule is COC(=O)N[C@H](C(=O)NN(Cc1ccccc1)C[C@H](CCc1ccccc1)NC(=O)[C@](O)(CC(N)=O)NC(=O)c1ccc2ccccc2n1)C(C)C. The summed E-state index contributed by atoms with van der Waals surface area (Å²) in [6.45, 7) is 3.75. The molecule has 0 saturated carbocycles. The molecule has 274 valence electrons. The van der Waals surface area contributed by atoms with Gasteiger partial charge in [0.15, 0.2) is 0 Å². The van der Waals surface area contributed by atoms with E-state index in [9.17, 15) is 29.1 Å². The molecule has 0 radical (unpaired) electrons. The molecule has 14 nitrogen and oxygen atoms in total. The van der Waals surface area contributed by atoms with Crippen molar-refractivity contribution < 1.29 is 33.8 Å². The van der Waals surface area contributed by atoms with Crippen molar-refractivity contribution in [3.63, 3.8) is 0 Å². The number of primary amides is 1. The summed E-state index contributed by atoms with van der Waals surface area (Å²) in [7, 11) is 1.20. The molecule has 1 aromatic heterocycles. The summed E-state index contributed by atoms with van der Waals surface area (Å²) in [6, 6.07) is 27.3. The summed E-state index contributed by atoms with van der Waals surface area (Å²) in [5.41, 5.74) is 7.80. The Labute approximate surface area is 302 Å². The van der Waals surface area contributed by atoms with Crippen LogP contribution < -0.4 is 27.1 Å². The van der Waals surface area contributed by atoms with Gasteiger partial charge in [-0.1, -0.05) is 98.8 Å². The lowest BCUT2D eigenvalue weighted by atomic mass is 10.0. The summed E-state index contributed by atoms with van der Waals surface area (Å²) >= 11 is 0. The van der Waals surface area contributed by atoms with Gasteiger partial charge >= 0.3 is 6.09 Å². The quantitative estimate of drug-likeness (QED) is 0.0703. The third-order valence-corrected chi connectivity index (χ3v) is 8.25. The van der Waals surface area contributed by atoms with Gasteiger partial charge in [-0.15, -0.1) is 0 Å². The number of hydrazine groups is 1. The molecule has 14 heteroatoms. The highest BCUT2D eigenvalue weighted by molar-refractivity contribution is 6.00. The van der Waals surface area contributed by atoms with Gasteiger partial charge in [-0.3, -0.25) is 24.6 Å². The number of para-hydroxylation sites is 1. The number of nitrogens with one attached hydrogen (secondary N) is 4. The summed E-state index contributed by atoms with van der Waals surface area (Å²) in [6.07, 6.45) is -0.897. The average molecular weight is 712 g/mol. The van der Waals surface area contributed by atoms with Gasteiger partial charge in [0.05, 0.1) is 19.0 Å². The topological polar surface area (TPSA) is 205 Å². The Bertz CT molecular complexity index is 1840. The van der Waals surface area contributed by atoms with E-state index >= 15 is 0 Å². The van der Waals surface area contributed by atoms with Crippen LogP contribution in [0.2, 0.25) is 0 Å². The number of alkyl carbamates (subject to hydrolysis) is 1. The van der Waals surface area contributed by atoms with Gasteiger partial charge in [-0.05, 0) is 42.0 Å². The molecule has 3 aromatic carbocycles. The minimum atomic E-state index is -2.75. The van der Waals surface area contributed by atoms with Crippen molar-refractivity contribution in [3.8, 4) is 0 Å². The number of amides is 5. The molecule has 0 fully saturated rings. The van der Waals surface area contributed by atoms with Crippen molar-refractivity contribution in [2.75, 3.05) is 13.7 Å². The summed E-state index contributed by atoms with van der Waals surface area (Å²) in [5.74, 6) is -3.86. The average Bonchev–Trinajstić information content (AvgIpc) is 3.12. The Balaban J connectivity index is 1.62. The van der Waals surface area contributed by atoms with E-state index in [0.29, 0.717) is 18.4 Å². The van der Waals surface area contributed by atoms with Crippen LogP contribution in [0.1, 0.15) is 48.3 Å². The van der Waals surface area contributed by atoms with Crippen molar-refractivity contribution in [3.05, 3.63) is 114 Å². The van der Waals surface area contributed by atoms with Crippen LogP contribution in [0.3, 0.4) is 0 Å². The first-order valence-corrected chi connectivity index (χ1v) is 16.8. The van der Waals surface area contributed by atoms with Crippen molar-refractivity contribution in [1.82, 2.24) is 31.4 Å². The maximum Gasteiger partial charge on any atom is 0.407 e. The first-order chi connectivity index (χ1) is 24.9. The second-order valence-electron chi connectivity index (χ2n) is 12.7. The number of aliphatic hydroxyl groups is 1. The summed E-state index contributed by atoms with van der Waals surface area (Å²) in [5, 5.41) is 21.6. The highest BCUT2D eigenvalue weighted by atomic mass is 16.5. The molecule has 4 aromatic rings. The van der Waals surface area contributed by atoms with Crippen molar-refractivity contribution in [1.29, 1.82) is 0 Å². The number of nitrogens with two attached hydrogens (primary N) is 1. The minimum absolute atomic E-state index is 0.00900. The molecule has 4 rings (SSSR count). The molecule has 3 atom stereocenters. The van der Waals surface area contributed by atoms with Crippen LogP contribution in [-0.2, 0) is 32.1 Å². The normalized spacial score (nSPS) is 13.4.